The Morgan fingerprint density at radius 2 is 2.45 bits per heavy atom. The largest absolute Gasteiger partial charge is 0.298 e. The van der Waals surface area contributed by atoms with Crippen LogP contribution in [0.25, 0.3) is 0 Å². The summed E-state index contributed by atoms with van der Waals surface area (Å²) in [5.41, 5.74) is 4.01. The van der Waals surface area contributed by atoms with Crippen LogP contribution in [0.4, 0.5) is 0 Å². The van der Waals surface area contributed by atoms with Crippen molar-refractivity contribution in [3.05, 3.63) is 17.9 Å². The van der Waals surface area contributed by atoms with E-state index in [1.54, 1.807) is 0 Å². The number of hydrogen-bond acceptors (Lipinski definition) is 1. The molecule has 11 heavy (non-hydrogen) atoms. The normalized spacial score (nSPS) is 19.4. The summed E-state index contributed by atoms with van der Waals surface area (Å²) in [6.07, 6.45) is 1.11. The molecule has 0 bridgehead atoms. The first-order valence-electron chi connectivity index (χ1n) is 4.26. The van der Waals surface area contributed by atoms with E-state index in [9.17, 15) is 0 Å². The summed E-state index contributed by atoms with van der Waals surface area (Å²) in [4.78, 5) is 2.43. The Morgan fingerprint density at radius 3 is 2.91 bits per heavy atom. The molecule has 0 N–H and O–H groups in total. The maximum atomic E-state index is 5.31. The van der Waals surface area contributed by atoms with Crippen LogP contribution >= 0.6 is 0 Å². The standard InChI is InChI=1S/C10H16N.H/c1-4-10-5-6-11(8-10)7-9(2)3;/h1,9H,5-8H2,2-3H3;. The average molecular weight is 151 g/mol. The van der Waals surface area contributed by atoms with Gasteiger partial charge in [-0.25, -0.2) is 0 Å². The number of nitrogens with zero attached hydrogens (tertiary/aromatic N) is 1. The van der Waals surface area contributed by atoms with Crippen LogP contribution < -0.4 is 0 Å². The van der Waals surface area contributed by atoms with Crippen molar-refractivity contribution in [2.75, 3.05) is 19.6 Å². The first-order valence-corrected chi connectivity index (χ1v) is 4.26. The number of hydrogen-bond donors (Lipinski definition) is 0. The van der Waals surface area contributed by atoms with Crippen LogP contribution in [0.15, 0.2) is 11.3 Å². The molecule has 0 aromatic carbocycles. The zero-order chi connectivity index (χ0) is 8.27. The van der Waals surface area contributed by atoms with Crippen molar-refractivity contribution in [3.63, 3.8) is 0 Å². The summed E-state index contributed by atoms with van der Waals surface area (Å²) in [6, 6.07) is 0. The average Bonchev–Trinajstić information content (AvgIpc) is 2.34. The first kappa shape index (κ1) is 8.58. The van der Waals surface area contributed by atoms with Crippen molar-refractivity contribution in [1.29, 1.82) is 0 Å². The van der Waals surface area contributed by atoms with Gasteiger partial charge < -0.3 is 0 Å². The molecule has 1 aliphatic heterocycles. The molecule has 1 fully saturated rings. The molecule has 0 aromatic rings. The number of rotatable bonds is 2. The zero-order valence-corrected chi connectivity index (χ0v) is 7.43. The Morgan fingerprint density at radius 1 is 1.73 bits per heavy atom. The SMILES string of the molecule is [CH]=C=C1CCN(CC(C)C)C1.[H]. The molecule has 1 heterocycles. The molecule has 62 valence electrons. The Hall–Kier alpha value is -0.520. The van der Waals surface area contributed by atoms with E-state index in [0.29, 0.717) is 0 Å². The highest BCUT2D eigenvalue weighted by molar-refractivity contribution is 5.06. The molecule has 1 nitrogen and oxygen atoms in total. The fraction of sp³-hybridized carbons (Fsp3) is 0.700. The van der Waals surface area contributed by atoms with Gasteiger partial charge in [-0.2, -0.15) is 0 Å². The summed E-state index contributed by atoms with van der Waals surface area (Å²) < 4.78 is 0. The van der Waals surface area contributed by atoms with Gasteiger partial charge in [-0.05, 0) is 24.5 Å². The van der Waals surface area contributed by atoms with E-state index in [1.165, 1.54) is 12.1 Å². The third kappa shape index (κ3) is 2.53. The Bertz CT molecular complexity index is 180. The molecular weight excluding hydrogens is 134 g/mol. The first-order chi connectivity index (χ1) is 5.22. The molecule has 0 amide bonds. The molecule has 1 saturated heterocycles. The summed E-state index contributed by atoms with van der Waals surface area (Å²) in [7, 11) is 0. The van der Waals surface area contributed by atoms with E-state index in [1.807, 2.05) is 0 Å². The molecule has 2 radical (unpaired) electrons. The molecular formula is C10H17N. The van der Waals surface area contributed by atoms with Crippen molar-refractivity contribution in [3.8, 4) is 0 Å². The second-order valence-corrected chi connectivity index (χ2v) is 3.63. The molecule has 0 atom stereocenters. The monoisotopic (exact) mass is 151 g/mol. The lowest BCUT2D eigenvalue weighted by molar-refractivity contribution is 0.303. The molecule has 1 rings (SSSR count). The van der Waals surface area contributed by atoms with Crippen LogP contribution in [0, 0.1) is 12.5 Å². The summed E-state index contributed by atoms with van der Waals surface area (Å²) in [5, 5.41) is 0. The van der Waals surface area contributed by atoms with Crippen LogP contribution in [0.1, 0.15) is 21.7 Å². The van der Waals surface area contributed by atoms with Crippen LogP contribution in [-0.4, -0.2) is 24.5 Å². The van der Waals surface area contributed by atoms with Crippen LogP contribution in [0.5, 0.6) is 0 Å². The molecule has 1 aliphatic rings. The van der Waals surface area contributed by atoms with E-state index >= 15 is 0 Å². The highest BCUT2D eigenvalue weighted by Gasteiger charge is 2.15. The lowest BCUT2D eigenvalue weighted by Gasteiger charge is -2.16. The van der Waals surface area contributed by atoms with E-state index in [0.717, 1.165) is 25.4 Å². The third-order valence-corrected chi connectivity index (χ3v) is 1.97. The smallest absolute Gasteiger partial charge is 0.0269 e. The van der Waals surface area contributed by atoms with Gasteiger partial charge in [-0.15, -0.1) is 5.73 Å². The van der Waals surface area contributed by atoms with Crippen LogP contribution in [0.3, 0.4) is 0 Å². The molecule has 0 spiro atoms. The van der Waals surface area contributed by atoms with Crippen LogP contribution in [-0.2, 0) is 0 Å². The molecule has 0 unspecified atom stereocenters. The Kier molecular flexibility index (Phi) is 2.92. The minimum Gasteiger partial charge on any atom is -0.298 e. The van der Waals surface area contributed by atoms with Crippen molar-refractivity contribution >= 4 is 0 Å². The highest BCUT2D eigenvalue weighted by atomic mass is 15.1. The minimum absolute atomic E-state index is 0. The molecule has 0 aliphatic carbocycles. The highest BCUT2D eigenvalue weighted by Crippen LogP contribution is 2.14. The topological polar surface area (TPSA) is 3.24 Å². The lowest BCUT2D eigenvalue weighted by atomic mass is 10.2. The van der Waals surface area contributed by atoms with Gasteiger partial charge in [0.2, 0.25) is 0 Å². The maximum absolute atomic E-state index is 5.31. The summed E-state index contributed by atoms with van der Waals surface area (Å²) >= 11 is 0. The summed E-state index contributed by atoms with van der Waals surface area (Å²) in [5.74, 6) is 0.757. The quantitative estimate of drug-likeness (QED) is 0.545. The van der Waals surface area contributed by atoms with Gasteiger partial charge in [0.25, 0.3) is 0 Å². The van der Waals surface area contributed by atoms with Crippen molar-refractivity contribution in [2.45, 2.75) is 20.3 Å². The molecule has 0 saturated carbocycles. The third-order valence-electron chi connectivity index (χ3n) is 1.97. The van der Waals surface area contributed by atoms with Gasteiger partial charge in [-0.3, -0.25) is 4.90 Å². The van der Waals surface area contributed by atoms with Gasteiger partial charge in [-0.1, -0.05) is 13.8 Å². The van der Waals surface area contributed by atoms with Crippen molar-refractivity contribution in [2.24, 2.45) is 5.92 Å². The molecule has 1 heteroatoms. The van der Waals surface area contributed by atoms with Gasteiger partial charge in [0.1, 0.15) is 0 Å². The zero-order valence-electron chi connectivity index (χ0n) is 8.43. The predicted molar refractivity (Wildman–Crippen MR) is 48.3 cm³/mol. The van der Waals surface area contributed by atoms with Crippen molar-refractivity contribution in [1.82, 2.24) is 4.90 Å². The van der Waals surface area contributed by atoms with Gasteiger partial charge in [0.15, 0.2) is 0 Å². The fourth-order valence-corrected chi connectivity index (χ4v) is 1.51. The van der Waals surface area contributed by atoms with Crippen LogP contribution in [0.2, 0.25) is 0 Å². The van der Waals surface area contributed by atoms with E-state index in [-0.39, 0.29) is 1.43 Å². The van der Waals surface area contributed by atoms with E-state index < -0.39 is 0 Å². The Balaban J connectivity index is 0.00000121. The van der Waals surface area contributed by atoms with Gasteiger partial charge >= 0.3 is 0 Å². The minimum atomic E-state index is 0. The fourth-order valence-electron chi connectivity index (χ4n) is 1.51. The van der Waals surface area contributed by atoms with E-state index in [2.05, 4.69) is 24.5 Å². The van der Waals surface area contributed by atoms with Gasteiger partial charge in [0.05, 0.1) is 0 Å². The Labute approximate surface area is 70.9 Å². The second kappa shape index (κ2) is 3.75. The lowest BCUT2D eigenvalue weighted by Crippen LogP contribution is -2.24. The van der Waals surface area contributed by atoms with Gasteiger partial charge in [0, 0.05) is 21.1 Å². The van der Waals surface area contributed by atoms with Crippen molar-refractivity contribution < 1.29 is 1.43 Å². The predicted octanol–water partition coefficient (Wildman–Crippen LogP) is 1.98. The maximum Gasteiger partial charge on any atom is 0.0269 e. The number of likely N-dealkylation sites (tertiary alicyclic amines) is 1. The molecule has 0 aromatic heterocycles. The second-order valence-electron chi connectivity index (χ2n) is 3.63. The summed E-state index contributed by atoms with van der Waals surface area (Å²) in [6.45, 7) is 13.2. The van der Waals surface area contributed by atoms with E-state index in [4.69, 9.17) is 6.58 Å².